The molecule has 0 aliphatic carbocycles. The molecule has 0 spiro atoms. The van der Waals surface area contributed by atoms with E-state index < -0.39 is 6.04 Å². The number of ketones is 1. The van der Waals surface area contributed by atoms with Gasteiger partial charge in [0.1, 0.15) is 17.5 Å². The zero-order valence-corrected chi connectivity index (χ0v) is 24.4. The Hall–Kier alpha value is -3.44. The summed E-state index contributed by atoms with van der Waals surface area (Å²) in [7, 11) is 3.29. The van der Waals surface area contributed by atoms with E-state index in [2.05, 4.69) is 24.3 Å². The molecule has 0 bridgehead atoms. The van der Waals surface area contributed by atoms with Crippen LogP contribution in [-0.4, -0.2) is 38.5 Å². The summed E-state index contributed by atoms with van der Waals surface area (Å²) < 4.78 is 13.0. The van der Waals surface area contributed by atoms with Crippen LogP contribution in [0.15, 0.2) is 91.7 Å². The molecule has 1 atom stereocenters. The van der Waals surface area contributed by atoms with Crippen molar-refractivity contribution in [2.75, 3.05) is 20.5 Å². The number of nitrogens with zero attached hydrogens (tertiary/aromatic N) is 1. The first-order valence-electron chi connectivity index (χ1n) is 12.3. The highest BCUT2D eigenvalue weighted by Gasteiger charge is 2.28. The first-order valence-corrected chi connectivity index (χ1v) is 15.2. The summed E-state index contributed by atoms with van der Waals surface area (Å²) >= 11 is 5.01. The van der Waals surface area contributed by atoms with Gasteiger partial charge in [-0.05, 0) is 47.1 Å². The Morgan fingerprint density at radius 3 is 2.87 bits per heavy atom. The Morgan fingerprint density at radius 2 is 2.10 bits per heavy atom. The molecule has 3 aromatic rings. The summed E-state index contributed by atoms with van der Waals surface area (Å²) in [5.74, 6) is 1.62. The number of rotatable bonds is 9. The van der Waals surface area contributed by atoms with Crippen molar-refractivity contribution < 1.29 is 14.3 Å². The van der Waals surface area contributed by atoms with Gasteiger partial charge in [0, 0.05) is 58.0 Å². The summed E-state index contributed by atoms with van der Waals surface area (Å²) in [5, 5.41) is 1.13. The van der Waals surface area contributed by atoms with E-state index in [1.165, 1.54) is 4.21 Å². The average molecular weight is 570 g/mol. The molecule has 3 heterocycles. The molecule has 0 fully saturated rings. The lowest BCUT2D eigenvalue weighted by Gasteiger charge is -2.19. The summed E-state index contributed by atoms with van der Waals surface area (Å²) in [5.41, 5.74) is 10.4. The van der Waals surface area contributed by atoms with Crippen molar-refractivity contribution in [2.45, 2.75) is 23.1 Å². The average Bonchev–Trinajstić information content (AvgIpc) is 3.35. The summed E-state index contributed by atoms with van der Waals surface area (Å²) in [6, 6.07) is 9.36. The van der Waals surface area contributed by atoms with Crippen LogP contribution < -0.4 is 9.47 Å². The molecule has 0 saturated carbocycles. The number of allylic oxidation sites excluding steroid dienone is 2. The van der Waals surface area contributed by atoms with Gasteiger partial charge in [0.15, 0.2) is 5.78 Å². The molecular formula is C32H27NO3S3. The van der Waals surface area contributed by atoms with Crippen LogP contribution in [0.3, 0.4) is 0 Å². The molecule has 2 aliphatic rings. The van der Waals surface area contributed by atoms with Crippen molar-refractivity contribution in [3.05, 3.63) is 105 Å². The maximum atomic E-state index is 13.4. The van der Waals surface area contributed by atoms with Crippen molar-refractivity contribution in [2.24, 2.45) is 4.99 Å². The van der Waals surface area contributed by atoms with Gasteiger partial charge in [-0.2, -0.15) is 0 Å². The van der Waals surface area contributed by atoms with Gasteiger partial charge < -0.3 is 9.47 Å². The van der Waals surface area contributed by atoms with Gasteiger partial charge in [0.2, 0.25) is 0 Å². The fourth-order valence-corrected chi connectivity index (χ4v) is 7.50. The van der Waals surface area contributed by atoms with Gasteiger partial charge in [-0.3, -0.25) is 9.79 Å². The number of aliphatic imine (C=N–C) groups is 1. The van der Waals surface area contributed by atoms with Crippen LogP contribution >= 0.6 is 34.9 Å². The predicted molar refractivity (Wildman–Crippen MR) is 167 cm³/mol. The minimum atomic E-state index is -0.428. The van der Waals surface area contributed by atoms with Crippen molar-refractivity contribution in [1.29, 1.82) is 0 Å². The number of thioether (sulfide) groups is 2. The van der Waals surface area contributed by atoms with Crippen molar-refractivity contribution >= 4 is 63.0 Å². The maximum Gasteiger partial charge on any atom is 0.188 e. The van der Waals surface area contributed by atoms with Crippen molar-refractivity contribution in [3.8, 4) is 11.5 Å². The number of Topliss-reactive ketones (excluding diaryl/α,β-unsaturated/α-hetero) is 1. The first kappa shape index (κ1) is 27.1. The summed E-state index contributed by atoms with van der Waals surface area (Å²) in [6.45, 7) is 3.98. The van der Waals surface area contributed by atoms with Crippen molar-refractivity contribution in [1.82, 2.24) is 0 Å². The number of fused-ring (bicyclic) bond motifs is 3. The third-order valence-electron chi connectivity index (χ3n) is 6.52. The van der Waals surface area contributed by atoms with E-state index in [1.54, 1.807) is 49.1 Å². The lowest BCUT2D eigenvalue weighted by atomic mass is 9.93. The van der Waals surface area contributed by atoms with Gasteiger partial charge in [-0.25, -0.2) is 0 Å². The molecule has 39 heavy (non-hydrogen) atoms. The normalized spacial score (nSPS) is 15.8. The number of benzene rings is 2. The van der Waals surface area contributed by atoms with E-state index in [-0.39, 0.29) is 5.78 Å². The minimum Gasteiger partial charge on any atom is -0.497 e. The van der Waals surface area contributed by atoms with Crippen LogP contribution in [0.5, 0.6) is 11.5 Å². The Balaban J connectivity index is 1.26. The van der Waals surface area contributed by atoms with E-state index in [4.69, 9.17) is 14.5 Å². The number of carbonyl (C=O) groups excluding carboxylic acids is 1. The molecule has 2 aromatic carbocycles. The molecule has 7 heteroatoms. The van der Waals surface area contributed by atoms with Gasteiger partial charge in [0.25, 0.3) is 0 Å². The Bertz CT molecular complexity index is 1660. The molecule has 0 saturated heterocycles. The van der Waals surface area contributed by atoms with E-state index >= 15 is 0 Å². The molecule has 196 valence electrons. The van der Waals surface area contributed by atoms with Crippen LogP contribution in [0.25, 0.3) is 16.2 Å². The largest absolute Gasteiger partial charge is 0.497 e. The SMILES string of the molecule is C=Cc1c(SC)sc2c3c(ccc12)C(=O)C(CC1=CC=C=C(C=C=CCc2ccc(OC)cc2OC)S1)N=C3. The fraction of sp³-hybridized carbons (Fsp3) is 0.188. The second kappa shape index (κ2) is 12.2. The molecule has 0 N–H and O–H groups in total. The molecule has 1 unspecified atom stereocenters. The smallest absolute Gasteiger partial charge is 0.188 e. The van der Waals surface area contributed by atoms with Gasteiger partial charge in [-0.1, -0.05) is 36.5 Å². The van der Waals surface area contributed by atoms with Crippen LogP contribution in [-0.2, 0) is 6.42 Å². The number of methoxy groups -OCH3 is 2. The number of hydrogen-bond acceptors (Lipinski definition) is 7. The summed E-state index contributed by atoms with van der Waals surface area (Å²) in [6.07, 6.45) is 14.9. The quantitative estimate of drug-likeness (QED) is 0.192. The molecule has 5 rings (SSSR count). The van der Waals surface area contributed by atoms with E-state index in [0.29, 0.717) is 12.8 Å². The van der Waals surface area contributed by atoms with Crippen LogP contribution in [0.4, 0.5) is 0 Å². The molecule has 1 aromatic heterocycles. The van der Waals surface area contributed by atoms with Crippen LogP contribution in [0.2, 0.25) is 0 Å². The number of carbonyl (C=O) groups is 1. The molecule has 0 amide bonds. The monoisotopic (exact) mass is 569 g/mol. The third kappa shape index (κ3) is 5.65. The lowest BCUT2D eigenvalue weighted by molar-refractivity contribution is 0.0961. The summed E-state index contributed by atoms with van der Waals surface area (Å²) in [4.78, 5) is 20.2. The van der Waals surface area contributed by atoms with E-state index in [9.17, 15) is 4.79 Å². The van der Waals surface area contributed by atoms with Crippen LogP contribution in [0.1, 0.15) is 33.5 Å². The standard InChI is InChI=1S/C32H27NO3S3/c1-5-24-26-16-15-25-27(31(26)39-32(24)37-4)19-33-28(30(25)34)18-23-12-8-11-22(38-23)10-7-6-9-20-13-14-21(35-2)17-29(20)36-3/h5-6,8,10,12-17,19,28H,1,9,18H2,2-4H3. The molecular weight excluding hydrogens is 543 g/mol. The number of hydrogen-bond donors (Lipinski definition) is 0. The second-order valence-corrected chi connectivity index (χ2v) is 12.0. The van der Waals surface area contributed by atoms with Crippen molar-refractivity contribution in [3.63, 3.8) is 0 Å². The minimum absolute atomic E-state index is 0.0686. The predicted octanol–water partition coefficient (Wildman–Crippen LogP) is 8.28. The third-order valence-corrected chi connectivity index (χ3v) is 9.93. The maximum absolute atomic E-state index is 13.4. The Labute approximate surface area is 241 Å². The number of ether oxygens (including phenoxy) is 2. The lowest BCUT2D eigenvalue weighted by Crippen LogP contribution is -2.24. The Morgan fingerprint density at radius 1 is 1.23 bits per heavy atom. The van der Waals surface area contributed by atoms with Gasteiger partial charge >= 0.3 is 0 Å². The highest BCUT2D eigenvalue weighted by molar-refractivity contribution is 8.06. The highest BCUT2D eigenvalue weighted by Crippen LogP contribution is 2.41. The Kier molecular flexibility index (Phi) is 8.47. The fourth-order valence-electron chi connectivity index (χ4n) is 4.54. The molecule has 2 aliphatic heterocycles. The first-order chi connectivity index (χ1) is 19.1. The second-order valence-electron chi connectivity index (χ2n) is 8.78. The van der Waals surface area contributed by atoms with Gasteiger partial charge in [0.05, 0.1) is 23.3 Å². The molecule has 0 radical (unpaired) electrons. The number of thiophene rings is 1. The van der Waals surface area contributed by atoms with E-state index in [0.717, 1.165) is 53.6 Å². The topological polar surface area (TPSA) is 47.9 Å². The zero-order valence-electron chi connectivity index (χ0n) is 21.9. The van der Waals surface area contributed by atoms with Gasteiger partial charge in [-0.15, -0.1) is 34.6 Å². The van der Waals surface area contributed by atoms with E-state index in [1.807, 2.05) is 66.9 Å². The van der Waals surface area contributed by atoms with Crippen LogP contribution in [0, 0.1) is 0 Å². The molecule has 4 nitrogen and oxygen atoms in total. The zero-order chi connectivity index (χ0) is 27.4. The highest BCUT2D eigenvalue weighted by atomic mass is 32.2.